The Bertz CT molecular complexity index is 498. The van der Waals surface area contributed by atoms with Crippen molar-refractivity contribution in [2.45, 2.75) is 13.3 Å². The molecule has 0 saturated heterocycles. The number of pyridine rings is 1. The molecule has 0 saturated carbocycles. The predicted octanol–water partition coefficient (Wildman–Crippen LogP) is 1.88. The molecule has 5 heteroatoms. The van der Waals surface area contributed by atoms with Crippen LogP contribution < -0.4 is 10.6 Å². The molecule has 0 aliphatic heterocycles. The molecule has 0 fully saturated rings. The van der Waals surface area contributed by atoms with Crippen LogP contribution in [0.5, 0.6) is 0 Å². The lowest BCUT2D eigenvalue weighted by atomic mass is 10.2. The first-order valence-corrected chi connectivity index (χ1v) is 5.94. The lowest BCUT2D eigenvalue weighted by Crippen LogP contribution is -2.08. The molecule has 0 atom stereocenters. The Balaban J connectivity index is 1.92. The summed E-state index contributed by atoms with van der Waals surface area (Å²) in [5.74, 6) is 1.48. The van der Waals surface area contributed by atoms with Crippen LogP contribution in [0.3, 0.4) is 0 Å². The summed E-state index contributed by atoms with van der Waals surface area (Å²) in [5, 5.41) is 6.23. The molecule has 0 aliphatic rings. The minimum atomic E-state index is 0.638. The Labute approximate surface area is 107 Å². The maximum atomic E-state index is 4.33. The molecule has 0 aliphatic carbocycles. The van der Waals surface area contributed by atoms with Crippen LogP contribution in [-0.4, -0.2) is 28.5 Å². The lowest BCUT2D eigenvalue weighted by molar-refractivity contribution is 0.983. The smallest absolute Gasteiger partial charge is 0.224 e. The Kier molecular flexibility index (Phi) is 4.06. The van der Waals surface area contributed by atoms with Crippen molar-refractivity contribution in [3.05, 3.63) is 41.9 Å². The number of anilines is 2. The largest absolute Gasteiger partial charge is 0.370 e. The van der Waals surface area contributed by atoms with E-state index in [1.165, 1.54) is 5.56 Å². The van der Waals surface area contributed by atoms with E-state index in [0.717, 1.165) is 24.5 Å². The maximum absolute atomic E-state index is 4.33. The van der Waals surface area contributed by atoms with Crippen molar-refractivity contribution >= 4 is 11.8 Å². The van der Waals surface area contributed by atoms with Gasteiger partial charge in [-0.15, -0.1) is 0 Å². The summed E-state index contributed by atoms with van der Waals surface area (Å²) >= 11 is 0. The molecule has 2 aromatic rings. The van der Waals surface area contributed by atoms with E-state index in [4.69, 9.17) is 0 Å². The third-order valence-electron chi connectivity index (χ3n) is 2.52. The van der Waals surface area contributed by atoms with E-state index >= 15 is 0 Å². The van der Waals surface area contributed by atoms with Gasteiger partial charge in [-0.05, 0) is 25.0 Å². The molecule has 94 valence electrons. The highest BCUT2D eigenvalue weighted by atomic mass is 15.1. The minimum Gasteiger partial charge on any atom is -0.370 e. The normalized spacial score (nSPS) is 10.1. The summed E-state index contributed by atoms with van der Waals surface area (Å²) in [5.41, 5.74) is 2.16. The average Bonchev–Trinajstić information content (AvgIpc) is 2.39. The zero-order chi connectivity index (χ0) is 12.8. The summed E-state index contributed by atoms with van der Waals surface area (Å²) in [4.78, 5) is 12.7. The Morgan fingerprint density at radius 3 is 2.89 bits per heavy atom. The van der Waals surface area contributed by atoms with E-state index in [0.29, 0.717) is 5.95 Å². The molecule has 2 heterocycles. The topological polar surface area (TPSA) is 62.7 Å². The van der Waals surface area contributed by atoms with Gasteiger partial charge in [-0.25, -0.2) is 4.98 Å². The highest BCUT2D eigenvalue weighted by Crippen LogP contribution is 2.09. The minimum absolute atomic E-state index is 0.638. The van der Waals surface area contributed by atoms with Gasteiger partial charge < -0.3 is 10.6 Å². The Morgan fingerprint density at radius 1 is 1.28 bits per heavy atom. The van der Waals surface area contributed by atoms with E-state index in [1.54, 1.807) is 6.20 Å². The molecule has 0 aromatic carbocycles. The van der Waals surface area contributed by atoms with Gasteiger partial charge in [0, 0.05) is 37.7 Å². The second-order valence-electron chi connectivity index (χ2n) is 4.01. The molecule has 18 heavy (non-hydrogen) atoms. The molecule has 0 bridgehead atoms. The molecular weight excluding hydrogens is 226 g/mol. The van der Waals surface area contributed by atoms with E-state index in [9.17, 15) is 0 Å². The van der Waals surface area contributed by atoms with Crippen molar-refractivity contribution in [2.24, 2.45) is 0 Å². The highest BCUT2D eigenvalue weighted by molar-refractivity contribution is 5.41. The quantitative estimate of drug-likeness (QED) is 0.839. The third kappa shape index (κ3) is 3.41. The summed E-state index contributed by atoms with van der Waals surface area (Å²) in [7, 11) is 1.81. The van der Waals surface area contributed by atoms with E-state index < -0.39 is 0 Å². The van der Waals surface area contributed by atoms with E-state index in [1.807, 2.05) is 32.3 Å². The highest BCUT2D eigenvalue weighted by Gasteiger charge is 2.00. The molecule has 0 unspecified atom stereocenters. The zero-order valence-corrected chi connectivity index (χ0v) is 10.6. The first kappa shape index (κ1) is 12.3. The summed E-state index contributed by atoms with van der Waals surface area (Å²) in [6.45, 7) is 2.78. The van der Waals surface area contributed by atoms with Crippen molar-refractivity contribution in [1.82, 2.24) is 15.0 Å². The molecular formula is C13H17N5. The lowest BCUT2D eigenvalue weighted by Gasteiger charge is -2.08. The Morgan fingerprint density at radius 2 is 2.17 bits per heavy atom. The second kappa shape index (κ2) is 5.95. The van der Waals surface area contributed by atoms with Crippen LogP contribution in [0.1, 0.15) is 11.3 Å². The fraction of sp³-hybridized carbons (Fsp3) is 0.308. The van der Waals surface area contributed by atoms with Crippen LogP contribution in [0.15, 0.2) is 30.6 Å². The monoisotopic (exact) mass is 243 g/mol. The number of nitrogens with one attached hydrogen (secondary N) is 2. The number of hydrogen-bond acceptors (Lipinski definition) is 5. The second-order valence-corrected chi connectivity index (χ2v) is 4.01. The molecule has 0 amide bonds. The number of aryl methyl sites for hydroxylation is 1. The zero-order valence-electron chi connectivity index (χ0n) is 10.6. The van der Waals surface area contributed by atoms with Gasteiger partial charge in [0.2, 0.25) is 5.95 Å². The van der Waals surface area contributed by atoms with Crippen LogP contribution in [0.2, 0.25) is 0 Å². The van der Waals surface area contributed by atoms with Gasteiger partial charge in [0.1, 0.15) is 5.82 Å². The standard InChI is InChI=1S/C13H17N5/c1-10-8-12(18-13(14-2)17-10)16-7-5-11-4-3-6-15-9-11/h3-4,6,8-9H,5,7H2,1-2H3,(H2,14,16,17,18). The summed E-state index contributed by atoms with van der Waals surface area (Å²) < 4.78 is 0. The SMILES string of the molecule is CNc1nc(C)cc(NCCc2cccnc2)n1. The van der Waals surface area contributed by atoms with Crippen molar-refractivity contribution in [2.75, 3.05) is 24.2 Å². The number of nitrogens with zero attached hydrogens (tertiary/aromatic N) is 3. The molecule has 2 aromatic heterocycles. The maximum Gasteiger partial charge on any atom is 0.224 e. The van der Waals surface area contributed by atoms with Crippen LogP contribution in [0.25, 0.3) is 0 Å². The molecule has 0 radical (unpaired) electrons. The Hall–Kier alpha value is -2.17. The fourth-order valence-corrected chi connectivity index (χ4v) is 1.65. The van der Waals surface area contributed by atoms with E-state index in [-0.39, 0.29) is 0 Å². The van der Waals surface area contributed by atoms with Gasteiger partial charge in [-0.3, -0.25) is 4.98 Å². The summed E-state index contributed by atoms with van der Waals surface area (Å²) in [6.07, 6.45) is 4.58. The van der Waals surface area contributed by atoms with Crippen LogP contribution in [0, 0.1) is 6.92 Å². The van der Waals surface area contributed by atoms with Crippen LogP contribution >= 0.6 is 0 Å². The number of aromatic nitrogens is 3. The van der Waals surface area contributed by atoms with Crippen LogP contribution in [0.4, 0.5) is 11.8 Å². The van der Waals surface area contributed by atoms with Gasteiger partial charge in [0.05, 0.1) is 0 Å². The summed E-state index contributed by atoms with van der Waals surface area (Å²) in [6, 6.07) is 5.95. The van der Waals surface area contributed by atoms with Gasteiger partial charge in [0.25, 0.3) is 0 Å². The van der Waals surface area contributed by atoms with Gasteiger partial charge in [0.15, 0.2) is 0 Å². The van der Waals surface area contributed by atoms with Gasteiger partial charge in [-0.2, -0.15) is 4.98 Å². The van der Waals surface area contributed by atoms with Crippen molar-refractivity contribution in [1.29, 1.82) is 0 Å². The first-order valence-electron chi connectivity index (χ1n) is 5.94. The average molecular weight is 243 g/mol. The first-order chi connectivity index (χ1) is 8.78. The van der Waals surface area contributed by atoms with Crippen LogP contribution in [-0.2, 0) is 6.42 Å². The molecule has 2 rings (SSSR count). The fourth-order valence-electron chi connectivity index (χ4n) is 1.65. The van der Waals surface area contributed by atoms with Gasteiger partial charge in [-0.1, -0.05) is 6.07 Å². The number of hydrogen-bond donors (Lipinski definition) is 2. The van der Waals surface area contributed by atoms with Crippen molar-refractivity contribution in [3.63, 3.8) is 0 Å². The molecule has 5 nitrogen and oxygen atoms in total. The molecule has 2 N–H and O–H groups in total. The van der Waals surface area contributed by atoms with Gasteiger partial charge >= 0.3 is 0 Å². The van der Waals surface area contributed by atoms with E-state index in [2.05, 4.69) is 31.7 Å². The van der Waals surface area contributed by atoms with Crippen molar-refractivity contribution < 1.29 is 0 Å². The van der Waals surface area contributed by atoms with Crippen molar-refractivity contribution in [3.8, 4) is 0 Å². The molecule has 0 spiro atoms. The predicted molar refractivity (Wildman–Crippen MR) is 72.7 cm³/mol. The third-order valence-corrected chi connectivity index (χ3v) is 2.52. The number of rotatable bonds is 5.